The van der Waals surface area contributed by atoms with E-state index in [9.17, 15) is 19.7 Å². The Labute approximate surface area is 245 Å². The highest BCUT2D eigenvalue weighted by Crippen LogP contribution is 2.22. The molecule has 0 radical (unpaired) electrons. The van der Waals surface area contributed by atoms with Gasteiger partial charge in [0.1, 0.15) is 18.1 Å². The second kappa shape index (κ2) is 14.8. The number of aliphatic hydroxyl groups excluding tert-OH is 1. The minimum Gasteiger partial charge on any atom is -0.423 e. The van der Waals surface area contributed by atoms with Gasteiger partial charge in [-0.1, -0.05) is 70.7 Å². The Hall–Kier alpha value is -4.44. The molecule has 0 unspecified atom stereocenters. The molecule has 0 aromatic heterocycles. The van der Waals surface area contributed by atoms with E-state index in [2.05, 4.69) is 4.84 Å². The zero-order chi connectivity index (χ0) is 29.9. The molecule has 11 heteroatoms. The number of halogens is 2. The Morgan fingerprint density at radius 3 is 1.54 bits per heavy atom. The van der Waals surface area contributed by atoms with Gasteiger partial charge in [0.25, 0.3) is 5.09 Å². The summed E-state index contributed by atoms with van der Waals surface area (Å²) < 4.78 is 10.4. The molecule has 4 aromatic rings. The van der Waals surface area contributed by atoms with Crippen molar-refractivity contribution in [1.29, 1.82) is 0 Å². The Morgan fingerprint density at radius 1 is 0.732 bits per heavy atom. The van der Waals surface area contributed by atoms with Crippen LogP contribution >= 0.6 is 23.2 Å². The standard InChI is InChI=1S/C15H12ClNO5.C15H13ClO3/c1-10-2-7-14(16)13(8-10)15(18)22-12-5-3-11(4-6-12)9-21-17(19)20;1-10-2-7-14(16)13(8-10)15(18)19-12-5-3-11(9-17)4-6-12/h2-8H,9H2,1H3;2-8,17H,9H2,1H3. The second-order valence-corrected chi connectivity index (χ2v) is 9.50. The first-order valence-corrected chi connectivity index (χ1v) is 12.8. The van der Waals surface area contributed by atoms with E-state index in [0.717, 1.165) is 16.7 Å². The van der Waals surface area contributed by atoms with Crippen LogP contribution in [0.4, 0.5) is 0 Å². The summed E-state index contributed by atoms with van der Waals surface area (Å²) in [7, 11) is 0. The van der Waals surface area contributed by atoms with Crippen LogP contribution in [-0.4, -0.2) is 22.1 Å². The number of rotatable bonds is 8. The van der Waals surface area contributed by atoms with Gasteiger partial charge in [0, 0.05) is 0 Å². The Balaban J connectivity index is 0.000000228. The second-order valence-electron chi connectivity index (χ2n) is 8.69. The van der Waals surface area contributed by atoms with Crippen LogP contribution in [0.15, 0.2) is 84.9 Å². The van der Waals surface area contributed by atoms with Crippen LogP contribution in [0.2, 0.25) is 10.0 Å². The number of ether oxygens (including phenoxy) is 2. The van der Waals surface area contributed by atoms with Crippen molar-refractivity contribution in [2.24, 2.45) is 0 Å². The normalized spacial score (nSPS) is 10.2. The molecular weight excluding hydrogens is 573 g/mol. The fourth-order valence-corrected chi connectivity index (χ4v) is 3.75. The quantitative estimate of drug-likeness (QED) is 0.100. The fraction of sp³-hybridized carbons (Fsp3) is 0.133. The van der Waals surface area contributed by atoms with Gasteiger partial charge in [-0.05, 0) is 73.5 Å². The molecule has 1 N–H and O–H groups in total. The van der Waals surface area contributed by atoms with Gasteiger partial charge in [0.2, 0.25) is 0 Å². The number of nitrogens with zero attached hydrogens (tertiary/aromatic N) is 1. The number of hydrogen-bond donors (Lipinski definition) is 1. The maximum Gasteiger partial charge on any atom is 0.345 e. The first-order chi connectivity index (χ1) is 19.5. The summed E-state index contributed by atoms with van der Waals surface area (Å²) in [4.78, 5) is 38.4. The number of aliphatic hydroxyl groups is 1. The Kier molecular flexibility index (Phi) is 11.2. The predicted molar refractivity (Wildman–Crippen MR) is 153 cm³/mol. The summed E-state index contributed by atoms with van der Waals surface area (Å²) in [5, 5.41) is 18.8. The molecule has 0 heterocycles. The number of benzene rings is 4. The van der Waals surface area contributed by atoms with Crippen molar-refractivity contribution in [3.05, 3.63) is 138 Å². The molecule has 0 fully saturated rings. The first-order valence-electron chi connectivity index (χ1n) is 12.1. The average Bonchev–Trinajstić information content (AvgIpc) is 2.96. The maximum absolute atomic E-state index is 12.1. The number of aryl methyl sites for hydroxylation is 2. The molecule has 0 aliphatic carbocycles. The van der Waals surface area contributed by atoms with E-state index in [1.807, 2.05) is 19.9 Å². The van der Waals surface area contributed by atoms with E-state index in [-0.39, 0.29) is 18.8 Å². The van der Waals surface area contributed by atoms with Gasteiger partial charge in [-0.2, -0.15) is 0 Å². The minimum atomic E-state index is -0.867. The zero-order valence-corrected chi connectivity index (χ0v) is 23.5. The third-order valence-corrected chi connectivity index (χ3v) is 6.13. The van der Waals surface area contributed by atoms with Crippen LogP contribution in [-0.2, 0) is 18.1 Å². The summed E-state index contributed by atoms with van der Waals surface area (Å²) in [6, 6.07) is 23.1. The highest BCUT2D eigenvalue weighted by molar-refractivity contribution is 6.34. The van der Waals surface area contributed by atoms with Crippen LogP contribution in [0.25, 0.3) is 0 Å². The van der Waals surface area contributed by atoms with Gasteiger partial charge < -0.3 is 19.4 Å². The lowest BCUT2D eigenvalue weighted by molar-refractivity contribution is -0.763. The Morgan fingerprint density at radius 2 is 1.15 bits per heavy atom. The molecular formula is C30H25Cl2NO8. The van der Waals surface area contributed by atoms with Crippen molar-refractivity contribution in [3.63, 3.8) is 0 Å². The van der Waals surface area contributed by atoms with Crippen LogP contribution < -0.4 is 9.47 Å². The summed E-state index contributed by atoms with van der Waals surface area (Å²) in [5.41, 5.74) is 3.80. The van der Waals surface area contributed by atoms with Gasteiger partial charge >= 0.3 is 11.9 Å². The third kappa shape index (κ3) is 9.61. The van der Waals surface area contributed by atoms with Crippen LogP contribution in [0.3, 0.4) is 0 Å². The van der Waals surface area contributed by atoms with E-state index in [0.29, 0.717) is 32.7 Å². The molecule has 0 atom stereocenters. The van der Waals surface area contributed by atoms with Crippen LogP contribution in [0.5, 0.6) is 11.5 Å². The molecule has 0 aliphatic rings. The smallest absolute Gasteiger partial charge is 0.345 e. The first kappa shape index (κ1) is 31.1. The van der Waals surface area contributed by atoms with Crippen molar-refractivity contribution in [2.45, 2.75) is 27.1 Å². The molecule has 4 rings (SSSR count). The molecule has 4 aromatic carbocycles. The third-order valence-electron chi connectivity index (χ3n) is 5.47. The summed E-state index contributed by atoms with van der Waals surface area (Å²) in [5.74, 6) is -0.333. The van der Waals surface area contributed by atoms with Gasteiger partial charge in [0.05, 0.1) is 27.8 Å². The molecule has 0 spiro atoms. The van der Waals surface area contributed by atoms with Gasteiger partial charge in [-0.15, -0.1) is 10.1 Å². The summed E-state index contributed by atoms with van der Waals surface area (Å²) in [6.07, 6.45) is 0. The lowest BCUT2D eigenvalue weighted by Gasteiger charge is -2.07. The van der Waals surface area contributed by atoms with E-state index in [1.54, 1.807) is 66.7 Å². The molecule has 0 saturated carbocycles. The van der Waals surface area contributed by atoms with Gasteiger partial charge in [-0.3, -0.25) is 0 Å². The van der Waals surface area contributed by atoms with Crippen LogP contribution in [0, 0.1) is 24.0 Å². The minimum absolute atomic E-state index is 0.0437. The fourth-order valence-electron chi connectivity index (χ4n) is 3.36. The van der Waals surface area contributed by atoms with E-state index in [1.165, 1.54) is 12.1 Å². The van der Waals surface area contributed by atoms with E-state index >= 15 is 0 Å². The van der Waals surface area contributed by atoms with Crippen molar-refractivity contribution in [1.82, 2.24) is 0 Å². The topological polar surface area (TPSA) is 125 Å². The molecule has 0 saturated heterocycles. The van der Waals surface area contributed by atoms with E-state index in [4.69, 9.17) is 37.8 Å². The van der Waals surface area contributed by atoms with Gasteiger partial charge in [-0.25, -0.2) is 9.59 Å². The molecule has 0 bridgehead atoms. The van der Waals surface area contributed by atoms with Gasteiger partial charge in [0.15, 0.2) is 0 Å². The SMILES string of the molecule is Cc1ccc(Cl)c(C(=O)Oc2ccc(CO)cc2)c1.Cc1ccc(Cl)c(C(=O)Oc2ccc(CO[N+](=O)[O-])cc2)c1. The monoisotopic (exact) mass is 597 g/mol. The number of esters is 2. The molecule has 41 heavy (non-hydrogen) atoms. The lowest BCUT2D eigenvalue weighted by atomic mass is 10.1. The van der Waals surface area contributed by atoms with Crippen molar-refractivity contribution >= 4 is 35.1 Å². The van der Waals surface area contributed by atoms with Crippen molar-refractivity contribution in [3.8, 4) is 11.5 Å². The number of carbonyl (C=O) groups excluding carboxylic acids is 2. The molecule has 0 aliphatic heterocycles. The molecule has 0 amide bonds. The summed E-state index contributed by atoms with van der Waals surface area (Å²) >= 11 is 11.9. The van der Waals surface area contributed by atoms with Crippen molar-refractivity contribution in [2.75, 3.05) is 0 Å². The number of carbonyl (C=O) groups is 2. The molecule has 9 nitrogen and oxygen atoms in total. The van der Waals surface area contributed by atoms with Crippen molar-refractivity contribution < 1.29 is 34.1 Å². The predicted octanol–water partition coefficient (Wildman–Crippen LogP) is 6.94. The average molecular weight is 598 g/mol. The zero-order valence-electron chi connectivity index (χ0n) is 22.0. The highest BCUT2D eigenvalue weighted by Gasteiger charge is 2.14. The summed E-state index contributed by atoms with van der Waals surface area (Å²) in [6.45, 7) is 3.52. The van der Waals surface area contributed by atoms with Crippen LogP contribution in [0.1, 0.15) is 43.0 Å². The lowest BCUT2D eigenvalue weighted by Crippen LogP contribution is -2.09. The van der Waals surface area contributed by atoms with E-state index < -0.39 is 17.0 Å². The molecule has 212 valence electrons. The Bertz CT molecular complexity index is 1520. The highest BCUT2D eigenvalue weighted by atomic mass is 35.5. The largest absolute Gasteiger partial charge is 0.423 e. The maximum atomic E-state index is 12.1. The number of hydrogen-bond acceptors (Lipinski definition) is 8.